The summed E-state index contributed by atoms with van der Waals surface area (Å²) in [7, 11) is 0. The molecule has 0 aliphatic heterocycles. The molecule has 1 amide bonds. The second kappa shape index (κ2) is 7.26. The van der Waals surface area contributed by atoms with E-state index < -0.39 is 17.5 Å². The standard InChI is InChI=1S/C17H15F2N5O2/c1-2-26-17-15(10-3-4-12(18)13(19)5-10)23-11(6-21-17)7-24-8-14(16(20)25)22-9-24/h3-6,8-9H,2,7H2,1H3,(H2,20,25). The monoisotopic (exact) mass is 359 g/mol. The Balaban J connectivity index is 1.97. The Morgan fingerprint density at radius 2 is 2.08 bits per heavy atom. The van der Waals surface area contributed by atoms with E-state index in [9.17, 15) is 13.6 Å². The molecule has 26 heavy (non-hydrogen) atoms. The number of carbonyl (C=O) groups is 1. The molecule has 2 aromatic heterocycles. The smallest absolute Gasteiger partial charge is 0.268 e. The Labute approximate surface area is 147 Å². The van der Waals surface area contributed by atoms with Crippen molar-refractivity contribution >= 4 is 5.91 Å². The van der Waals surface area contributed by atoms with Crippen molar-refractivity contribution in [3.63, 3.8) is 0 Å². The maximum atomic E-state index is 13.6. The summed E-state index contributed by atoms with van der Waals surface area (Å²) in [5, 5.41) is 0. The van der Waals surface area contributed by atoms with Crippen LogP contribution in [0.1, 0.15) is 23.1 Å². The van der Waals surface area contributed by atoms with Crippen molar-refractivity contribution in [3.8, 4) is 17.1 Å². The zero-order valence-corrected chi connectivity index (χ0v) is 13.8. The van der Waals surface area contributed by atoms with Crippen LogP contribution < -0.4 is 10.5 Å². The first-order valence-corrected chi connectivity index (χ1v) is 7.73. The number of hydrogen-bond donors (Lipinski definition) is 1. The van der Waals surface area contributed by atoms with E-state index in [0.717, 1.165) is 12.1 Å². The van der Waals surface area contributed by atoms with Gasteiger partial charge in [0, 0.05) is 11.8 Å². The third-order valence-corrected chi connectivity index (χ3v) is 3.49. The molecule has 0 spiro atoms. The zero-order chi connectivity index (χ0) is 18.7. The van der Waals surface area contributed by atoms with Gasteiger partial charge in [0.1, 0.15) is 11.4 Å². The molecular weight excluding hydrogens is 344 g/mol. The first kappa shape index (κ1) is 17.5. The van der Waals surface area contributed by atoms with E-state index >= 15 is 0 Å². The molecule has 1 aromatic carbocycles. The molecule has 0 unspecified atom stereocenters. The molecule has 0 fully saturated rings. The number of hydrogen-bond acceptors (Lipinski definition) is 5. The summed E-state index contributed by atoms with van der Waals surface area (Å²) in [6.07, 6.45) is 4.42. The van der Waals surface area contributed by atoms with Crippen LogP contribution in [0.3, 0.4) is 0 Å². The van der Waals surface area contributed by atoms with Crippen molar-refractivity contribution in [1.82, 2.24) is 19.5 Å². The molecule has 0 saturated heterocycles. The average Bonchev–Trinajstić information content (AvgIpc) is 3.08. The van der Waals surface area contributed by atoms with Crippen LogP contribution in [0.4, 0.5) is 8.78 Å². The van der Waals surface area contributed by atoms with Crippen LogP contribution in [-0.4, -0.2) is 32.0 Å². The van der Waals surface area contributed by atoms with Crippen molar-refractivity contribution < 1.29 is 18.3 Å². The van der Waals surface area contributed by atoms with Crippen molar-refractivity contribution in [1.29, 1.82) is 0 Å². The number of nitrogens with two attached hydrogens (primary N) is 1. The first-order chi connectivity index (χ1) is 12.5. The average molecular weight is 359 g/mol. The van der Waals surface area contributed by atoms with Crippen LogP contribution in [0.25, 0.3) is 11.3 Å². The van der Waals surface area contributed by atoms with Crippen LogP contribution in [0, 0.1) is 11.6 Å². The highest BCUT2D eigenvalue weighted by Gasteiger charge is 2.14. The van der Waals surface area contributed by atoms with E-state index in [1.54, 1.807) is 11.5 Å². The first-order valence-electron chi connectivity index (χ1n) is 7.73. The minimum atomic E-state index is -0.988. The van der Waals surface area contributed by atoms with E-state index in [-0.39, 0.29) is 18.1 Å². The third-order valence-electron chi connectivity index (χ3n) is 3.49. The molecular formula is C17H15F2N5O2. The van der Waals surface area contributed by atoms with Crippen LogP contribution >= 0.6 is 0 Å². The minimum Gasteiger partial charge on any atom is -0.476 e. The Morgan fingerprint density at radius 3 is 2.73 bits per heavy atom. The molecule has 9 heteroatoms. The number of imidazole rings is 1. The number of nitrogens with zero attached hydrogens (tertiary/aromatic N) is 4. The van der Waals surface area contributed by atoms with Gasteiger partial charge >= 0.3 is 0 Å². The highest BCUT2D eigenvalue weighted by molar-refractivity contribution is 5.90. The van der Waals surface area contributed by atoms with E-state index in [0.29, 0.717) is 23.6 Å². The summed E-state index contributed by atoms with van der Waals surface area (Å²) >= 11 is 0. The number of aromatic nitrogens is 4. The number of benzene rings is 1. The van der Waals surface area contributed by atoms with Gasteiger partial charge in [-0.2, -0.15) is 0 Å². The van der Waals surface area contributed by atoms with E-state index in [1.165, 1.54) is 24.8 Å². The van der Waals surface area contributed by atoms with Crippen molar-refractivity contribution in [2.24, 2.45) is 5.73 Å². The predicted molar refractivity (Wildman–Crippen MR) is 88.4 cm³/mol. The van der Waals surface area contributed by atoms with Gasteiger partial charge in [-0.3, -0.25) is 4.79 Å². The lowest BCUT2D eigenvalue weighted by Crippen LogP contribution is -2.11. The van der Waals surface area contributed by atoms with Gasteiger partial charge in [-0.05, 0) is 25.1 Å². The normalized spacial score (nSPS) is 10.7. The largest absolute Gasteiger partial charge is 0.476 e. The fourth-order valence-electron chi connectivity index (χ4n) is 2.33. The Bertz CT molecular complexity index is 958. The molecule has 0 radical (unpaired) electrons. The van der Waals surface area contributed by atoms with E-state index in [1.807, 2.05) is 0 Å². The quantitative estimate of drug-likeness (QED) is 0.728. The maximum Gasteiger partial charge on any atom is 0.268 e. The minimum absolute atomic E-state index is 0.129. The molecule has 0 atom stereocenters. The van der Waals surface area contributed by atoms with Crippen molar-refractivity contribution in [2.75, 3.05) is 6.61 Å². The number of primary amides is 1. The lowest BCUT2D eigenvalue weighted by molar-refractivity contribution is 0.0996. The van der Waals surface area contributed by atoms with E-state index in [2.05, 4.69) is 15.0 Å². The summed E-state index contributed by atoms with van der Waals surface area (Å²) in [5.41, 5.74) is 6.45. The van der Waals surface area contributed by atoms with Gasteiger partial charge in [0.15, 0.2) is 11.6 Å². The van der Waals surface area contributed by atoms with Gasteiger partial charge in [0.2, 0.25) is 5.88 Å². The van der Waals surface area contributed by atoms with Gasteiger partial charge in [-0.1, -0.05) is 0 Å². The Hall–Kier alpha value is -3.36. The summed E-state index contributed by atoms with van der Waals surface area (Å²) in [4.78, 5) is 23.7. The second-order valence-corrected chi connectivity index (χ2v) is 5.37. The van der Waals surface area contributed by atoms with Gasteiger partial charge in [-0.15, -0.1) is 0 Å². The van der Waals surface area contributed by atoms with Crippen molar-refractivity contribution in [3.05, 3.63) is 59.9 Å². The number of rotatable bonds is 6. The van der Waals surface area contributed by atoms with Crippen LogP contribution in [0.5, 0.6) is 5.88 Å². The second-order valence-electron chi connectivity index (χ2n) is 5.37. The summed E-state index contributed by atoms with van der Waals surface area (Å²) in [5.74, 6) is -2.36. The number of halogens is 2. The maximum absolute atomic E-state index is 13.6. The molecule has 0 aliphatic rings. The van der Waals surface area contributed by atoms with Gasteiger partial charge in [0.05, 0.1) is 31.4 Å². The fraction of sp³-hybridized carbons (Fsp3) is 0.176. The van der Waals surface area contributed by atoms with Crippen LogP contribution in [-0.2, 0) is 6.54 Å². The fourth-order valence-corrected chi connectivity index (χ4v) is 2.33. The Kier molecular flexibility index (Phi) is 4.87. The molecule has 134 valence electrons. The lowest BCUT2D eigenvalue weighted by atomic mass is 10.1. The molecule has 0 bridgehead atoms. The Morgan fingerprint density at radius 1 is 1.27 bits per heavy atom. The summed E-state index contributed by atoms with van der Waals surface area (Å²) in [6.45, 7) is 2.38. The van der Waals surface area contributed by atoms with Gasteiger partial charge in [0.25, 0.3) is 5.91 Å². The summed E-state index contributed by atoms with van der Waals surface area (Å²) in [6, 6.07) is 3.45. The van der Waals surface area contributed by atoms with Crippen LogP contribution in [0.15, 0.2) is 36.9 Å². The van der Waals surface area contributed by atoms with Crippen molar-refractivity contribution in [2.45, 2.75) is 13.5 Å². The van der Waals surface area contributed by atoms with Crippen LogP contribution in [0.2, 0.25) is 0 Å². The summed E-state index contributed by atoms with van der Waals surface area (Å²) < 4.78 is 33.8. The number of amides is 1. The highest BCUT2D eigenvalue weighted by atomic mass is 19.2. The topological polar surface area (TPSA) is 95.9 Å². The molecule has 0 saturated carbocycles. The molecule has 0 aliphatic carbocycles. The van der Waals surface area contributed by atoms with Gasteiger partial charge < -0.3 is 15.0 Å². The number of carbonyl (C=O) groups excluding carboxylic acids is 1. The molecule has 2 N–H and O–H groups in total. The predicted octanol–water partition coefficient (Wildman–Crippen LogP) is 2.16. The highest BCUT2D eigenvalue weighted by Crippen LogP contribution is 2.27. The molecule has 7 nitrogen and oxygen atoms in total. The van der Waals surface area contributed by atoms with Gasteiger partial charge in [-0.25, -0.2) is 23.7 Å². The molecule has 2 heterocycles. The third kappa shape index (κ3) is 3.66. The molecule has 3 aromatic rings. The number of ether oxygens (including phenoxy) is 1. The molecule has 3 rings (SSSR count). The van der Waals surface area contributed by atoms with E-state index in [4.69, 9.17) is 10.5 Å². The zero-order valence-electron chi connectivity index (χ0n) is 13.8. The lowest BCUT2D eigenvalue weighted by Gasteiger charge is -2.11. The SMILES string of the molecule is CCOc1ncc(Cn2cnc(C(N)=O)c2)nc1-c1ccc(F)c(F)c1.